The van der Waals surface area contributed by atoms with E-state index in [4.69, 9.17) is 9.47 Å². The molecule has 11 heteroatoms. The first-order valence-electron chi connectivity index (χ1n) is 10.5. The SMILES string of the molecule is COCCNC(=O)c1cc(C#CCNc2ccc(SC)cc2OC)cc2c1ncn2CC(F)(F)F. The molecule has 0 saturated heterocycles. The Bertz CT molecular complexity index is 1250. The van der Waals surface area contributed by atoms with Gasteiger partial charge >= 0.3 is 6.18 Å². The Hall–Kier alpha value is -3.36. The van der Waals surface area contributed by atoms with Crippen LogP contribution in [0.25, 0.3) is 11.0 Å². The molecular formula is C24H25F3N4O3S. The zero-order chi connectivity index (χ0) is 25.4. The second kappa shape index (κ2) is 11.9. The molecule has 186 valence electrons. The quantitative estimate of drug-likeness (QED) is 0.258. The van der Waals surface area contributed by atoms with E-state index >= 15 is 0 Å². The first kappa shape index (κ1) is 26.2. The van der Waals surface area contributed by atoms with Crippen molar-refractivity contribution in [2.24, 2.45) is 0 Å². The molecule has 1 aromatic heterocycles. The maximum Gasteiger partial charge on any atom is 0.406 e. The second-order valence-corrected chi connectivity index (χ2v) is 8.23. The molecule has 0 fully saturated rings. The summed E-state index contributed by atoms with van der Waals surface area (Å²) in [5.74, 6) is 6.08. The van der Waals surface area contributed by atoms with E-state index in [2.05, 4.69) is 27.5 Å². The van der Waals surface area contributed by atoms with Gasteiger partial charge in [-0.2, -0.15) is 13.2 Å². The lowest BCUT2D eigenvalue weighted by Crippen LogP contribution is -2.27. The van der Waals surface area contributed by atoms with Crippen LogP contribution in [0.15, 0.2) is 41.6 Å². The smallest absolute Gasteiger partial charge is 0.406 e. The molecule has 0 aliphatic carbocycles. The Kier molecular flexibility index (Phi) is 8.89. The molecular weight excluding hydrogens is 481 g/mol. The molecule has 0 bridgehead atoms. The topological polar surface area (TPSA) is 77.4 Å². The van der Waals surface area contributed by atoms with Crippen LogP contribution in [0, 0.1) is 11.8 Å². The van der Waals surface area contributed by atoms with E-state index in [1.807, 2.05) is 24.5 Å². The van der Waals surface area contributed by atoms with Crippen LogP contribution in [0.4, 0.5) is 18.9 Å². The van der Waals surface area contributed by atoms with Crippen molar-refractivity contribution in [3.8, 4) is 17.6 Å². The number of thioether (sulfide) groups is 1. The molecule has 0 radical (unpaired) electrons. The summed E-state index contributed by atoms with van der Waals surface area (Å²) in [5.41, 5.74) is 1.65. The summed E-state index contributed by atoms with van der Waals surface area (Å²) in [6.07, 6.45) is -1.39. The summed E-state index contributed by atoms with van der Waals surface area (Å²) in [5, 5.41) is 5.84. The highest BCUT2D eigenvalue weighted by atomic mass is 32.2. The monoisotopic (exact) mass is 506 g/mol. The van der Waals surface area contributed by atoms with Crippen LogP contribution < -0.4 is 15.4 Å². The normalized spacial score (nSPS) is 11.1. The number of methoxy groups -OCH3 is 2. The van der Waals surface area contributed by atoms with E-state index in [9.17, 15) is 18.0 Å². The van der Waals surface area contributed by atoms with Gasteiger partial charge in [0.15, 0.2) is 0 Å². The minimum Gasteiger partial charge on any atom is -0.495 e. The van der Waals surface area contributed by atoms with Crippen LogP contribution in [0.5, 0.6) is 5.75 Å². The van der Waals surface area contributed by atoms with Crippen LogP contribution in [-0.2, 0) is 11.3 Å². The highest BCUT2D eigenvalue weighted by Gasteiger charge is 2.29. The molecule has 0 aliphatic heterocycles. The van der Waals surface area contributed by atoms with Crippen LogP contribution in [0.2, 0.25) is 0 Å². The number of halogens is 3. The third kappa shape index (κ3) is 7.07. The van der Waals surface area contributed by atoms with Crippen molar-refractivity contribution < 1.29 is 27.4 Å². The third-order valence-electron chi connectivity index (χ3n) is 4.92. The van der Waals surface area contributed by atoms with Crippen LogP contribution in [0.1, 0.15) is 15.9 Å². The number of amides is 1. The Morgan fingerprint density at radius 1 is 1.23 bits per heavy atom. The largest absolute Gasteiger partial charge is 0.495 e. The highest BCUT2D eigenvalue weighted by Crippen LogP contribution is 2.29. The molecule has 0 atom stereocenters. The number of ether oxygens (including phenoxy) is 2. The van der Waals surface area contributed by atoms with Crippen molar-refractivity contribution in [1.82, 2.24) is 14.9 Å². The number of hydrogen-bond acceptors (Lipinski definition) is 6. The zero-order valence-electron chi connectivity index (χ0n) is 19.5. The number of nitrogens with zero attached hydrogens (tertiary/aromatic N) is 2. The van der Waals surface area contributed by atoms with E-state index in [1.54, 1.807) is 18.9 Å². The number of rotatable bonds is 9. The fourth-order valence-electron chi connectivity index (χ4n) is 3.32. The molecule has 2 N–H and O–H groups in total. The predicted octanol–water partition coefficient (Wildman–Crippen LogP) is 4.17. The molecule has 35 heavy (non-hydrogen) atoms. The van der Waals surface area contributed by atoms with Gasteiger partial charge in [-0.1, -0.05) is 11.8 Å². The van der Waals surface area contributed by atoms with Crippen molar-refractivity contribution in [3.63, 3.8) is 0 Å². The number of nitrogens with one attached hydrogen (secondary N) is 2. The van der Waals surface area contributed by atoms with E-state index in [-0.39, 0.29) is 29.7 Å². The van der Waals surface area contributed by atoms with Gasteiger partial charge in [0.1, 0.15) is 17.8 Å². The molecule has 0 unspecified atom stereocenters. The van der Waals surface area contributed by atoms with Crippen molar-refractivity contribution >= 4 is 34.4 Å². The van der Waals surface area contributed by atoms with E-state index in [1.165, 1.54) is 19.2 Å². The van der Waals surface area contributed by atoms with Gasteiger partial charge in [0, 0.05) is 24.1 Å². The van der Waals surface area contributed by atoms with Crippen molar-refractivity contribution in [2.75, 3.05) is 45.5 Å². The third-order valence-corrected chi connectivity index (χ3v) is 5.65. The number of aromatic nitrogens is 2. The number of alkyl halides is 3. The average Bonchev–Trinajstić information content (AvgIpc) is 3.22. The van der Waals surface area contributed by atoms with Gasteiger partial charge in [-0.05, 0) is 36.6 Å². The number of benzene rings is 2. The number of carbonyl (C=O) groups is 1. The first-order chi connectivity index (χ1) is 16.8. The second-order valence-electron chi connectivity index (χ2n) is 7.35. The van der Waals surface area contributed by atoms with Gasteiger partial charge in [0.2, 0.25) is 0 Å². The van der Waals surface area contributed by atoms with Gasteiger partial charge in [-0.3, -0.25) is 4.79 Å². The Labute approximate surface area is 205 Å². The molecule has 7 nitrogen and oxygen atoms in total. The molecule has 3 rings (SSSR count). The molecule has 2 aromatic carbocycles. The van der Waals surface area contributed by atoms with Crippen LogP contribution in [0.3, 0.4) is 0 Å². The lowest BCUT2D eigenvalue weighted by atomic mass is 10.1. The number of hydrogen-bond donors (Lipinski definition) is 2. The molecule has 0 spiro atoms. The van der Waals surface area contributed by atoms with E-state index in [0.717, 1.165) is 21.5 Å². The number of fused-ring (bicyclic) bond motifs is 1. The number of carbonyl (C=O) groups excluding carboxylic acids is 1. The average molecular weight is 507 g/mol. The standard InChI is InChI=1S/C24H25F3N4O3S/c1-33-10-9-29-23(32)18-11-16(12-20-22(18)30-15-31(20)14-24(25,26)27)5-4-8-28-19-7-6-17(35-3)13-21(19)34-2/h6-7,11-13,15,28H,8-10,14H2,1-3H3,(H,29,32). The number of imidazole rings is 1. The van der Waals surface area contributed by atoms with Gasteiger partial charge in [0.25, 0.3) is 5.91 Å². The van der Waals surface area contributed by atoms with Crippen molar-refractivity contribution in [3.05, 3.63) is 47.8 Å². The fourth-order valence-corrected chi connectivity index (χ4v) is 3.75. The summed E-state index contributed by atoms with van der Waals surface area (Å²) in [4.78, 5) is 17.8. The minimum atomic E-state index is -4.44. The van der Waals surface area contributed by atoms with Crippen molar-refractivity contribution in [1.29, 1.82) is 0 Å². The lowest BCUT2D eigenvalue weighted by molar-refractivity contribution is -0.139. The summed E-state index contributed by atoms with van der Waals surface area (Å²) in [6.45, 7) is -0.427. The molecule has 3 aromatic rings. The van der Waals surface area contributed by atoms with Crippen LogP contribution >= 0.6 is 11.8 Å². The molecule has 0 aliphatic rings. The summed E-state index contributed by atoms with van der Waals surface area (Å²) < 4.78 is 50.4. The van der Waals surface area contributed by atoms with Gasteiger partial charge < -0.3 is 24.7 Å². The predicted molar refractivity (Wildman–Crippen MR) is 130 cm³/mol. The van der Waals surface area contributed by atoms with Gasteiger partial charge in [-0.25, -0.2) is 4.98 Å². The Balaban J connectivity index is 1.88. The maximum absolute atomic E-state index is 13.0. The van der Waals surface area contributed by atoms with E-state index in [0.29, 0.717) is 17.9 Å². The van der Waals surface area contributed by atoms with Gasteiger partial charge in [-0.15, -0.1) is 11.8 Å². The minimum absolute atomic E-state index is 0.145. The molecule has 1 heterocycles. The zero-order valence-corrected chi connectivity index (χ0v) is 20.3. The fraction of sp³-hybridized carbons (Fsp3) is 0.333. The Morgan fingerprint density at radius 3 is 2.71 bits per heavy atom. The van der Waals surface area contributed by atoms with Crippen LogP contribution in [-0.4, -0.2) is 61.8 Å². The molecule has 1 amide bonds. The molecule has 0 saturated carbocycles. The first-order valence-corrected chi connectivity index (χ1v) is 11.8. The summed E-state index contributed by atoms with van der Waals surface area (Å²) in [7, 11) is 3.08. The number of anilines is 1. The van der Waals surface area contributed by atoms with E-state index < -0.39 is 18.6 Å². The summed E-state index contributed by atoms with van der Waals surface area (Å²) in [6, 6.07) is 8.77. The summed E-state index contributed by atoms with van der Waals surface area (Å²) >= 11 is 1.60. The maximum atomic E-state index is 13.0. The highest BCUT2D eigenvalue weighted by molar-refractivity contribution is 7.98. The Morgan fingerprint density at radius 2 is 2.03 bits per heavy atom. The van der Waals surface area contributed by atoms with Gasteiger partial charge in [0.05, 0.1) is 43.4 Å². The lowest BCUT2D eigenvalue weighted by Gasteiger charge is -2.10. The van der Waals surface area contributed by atoms with Crippen molar-refractivity contribution in [2.45, 2.75) is 17.6 Å².